The van der Waals surface area contributed by atoms with Crippen molar-refractivity contribution >= 4 is 5.97 Å². The van der Waals surface area contributed by atoms with E-state index in [0.29, 0.717) is 0 Å². The van der Waals surface area contributed by atoms with E-state index in [0.717, 1.165) is 12.1 Å². The van der Waals surface area contributed by atoms with Gasteiger partial charge in [-0.25, -0.2) is 4.79 Å². The molecule has 2 rings (SSSR count). The fourth-order valence-corrected chi connectivity index (χ4v) is 2.74. The molecule has 0 fully saturated rings. The van der Waals surface area contributed by atoms with Gasteiger partial charge in [0.2, 0.25) is 0 Å². The van der Waals surface area contributed by atoms with Gasteiger partial charge in [-0.3, -0.25) is 5.32 Å². The Labute approximate surface area is 102 Å². The zero-order chi connectivity index (χ0) is 12.6. The molecule has 0 aromatic heterocycles. The summed E-state index contributed by atoms with van der Waals surface area (Å²) in [6.45, 7) is 7.27. The van der Waals surface area contributed by atoms with E-state index in [1.807, 2.05) is 12.1 Å². The molecule has 1 atom stereocenters. The van der Waals surface area contributed by atoms with Crippen LogP contribution in [0.1, 0.15) is 36.6 Å². The lowest BCUT2D eigenvalue weighted by Gasteiger charge is -2.38. The summed E-state index contributed by atoms with van der Waals surface area (Å²) in [6.07, 6.45) is 0. The van der Waals surface area contributed by atoms with Gasteiger partial charge in [0, 0.05) is 12.0 Å². The van der Waals surface area contributed by atoms with Gasteiger partial charge in [-0.15, -0.1) is 0 Å². The molecule has 0 saturated heterocycles. The number of hydrogen-bond donors (Lipinski definition) is 1. The predicted molar refractivity (Wildman–Crippen MR) is 67.0 cm³/mol. The van der Waals surface area contributed by atoms with Crippen molar-refractivity contribution in [2.24, 2.45) is 0 Å². The van der Waals surface area contributed by atoms with Crippen LogP contribution in [0.5, 0.6) is 0 Å². The zero-order valence-corrected chi connectivity index (χ0v) is 10.8. The highest BCUT2D eigenvalue weighted by Gasteiger charge is 2.36. The number of carbonyl (C=O) groups is 1. The zero-order valence-electron chi connectivity index (χ0n) is 10.8. The summed E-state index contributed by atoms with van der Waals surface area (Å²) in [5.74, 6) is -0.215. The fraction of sp³-hybridized carbons (Fsp3) is 0.500. The number of hydrogen-bond acceptors (Lipinski definition) is 3. The normalized spacial score (nSPS) is 21.8. The standard InChI is InChI=1S/C14H19NO2/c1-9-6-5-7-10-11(9)14(2,3)8-15-12(10)13(16)17-4/h5-7,12,15H,8H2,1-4H3. The van der Waals surface area contributed by atoms with Crippen LogP contribution in [0.2, 0.25) is 0 Å². The Morgan fingerprint density at radius 2 is 2.18 bits per heavy atom. The molecule has 3 nitrogen and oxygen atoms in total. The minimum Gasteiger partial charge on any atom is -0.468 e. The minimum atomic E-state index is -0.331. The van der Waals surface area contributed by atoms with E-state index in [2.05, 4.69) is 32.2 Å². The Morgan fingerprint density at radius 3 is 2.82 bits per heavy atom. The lowest BCUT2D eigenvalue weighted by Crippen LogP contribution is -2.45. The number of fused-ring (bicyclic) bond motifs is 1. The third kappa shape index (κ3) is 1.95. The molecule has 0 amide bonds. The predicted octanol–water partition coefficient (Wildman–Crippen LogP) is 2.09. The molecule has 3 heteroatoms. The van der Waals surface area contributed by atoms with E-state index in [1.54, 1.807) is 0 Å². The molecule has 0 spiro atoms. The summed E-state index contributed by atoms with van der Waals surface area (Å²) in [7, 11) is 1.43. The average Bonchev–Trinajstić information content (AvgIpc) is 2.28. The number of carbonyl (C=O) groups excluding carboxylic acids is 1. The molecule has 1 aliphatic heterocycles. The maximum Gasteiger partial charge on any atom is 0.327 e. The summed E-state index contributed by atoms with van der Waals surface area (Å²) < 4.78 is 4.85. The molecule has 0 saturated carbocycles. The topological polar surface area (TPSA) is 38.3 Å². The second-order valence-electron chi connectivity index (χ2n) is 5.26. The fourth-order valence-electron chi connectivity index (χ4n) is 2.74. The number of benzene rings is 1. The van der Waals surface area contributed by atoms with Gasteiger partial charge in [-0.05, 0) is 23.6 Å². The summed E-state index contributed by atoms with van der Waals surface area (Å²) >= 11 is 0. The van der Waals surface area contributed by atoms with Gasteiger partial charge in [-0.2, -0.15) is 0 Å². The first-order valence-corrected chi connectivity index (χ1v) is 5.88. The molecule has 1 N–H and O–H groups in total. The molecular formula is C14H19NO2. The number of methoxy groups -OCH3 is 1. The second kappa shape index (κ2) is 4.15. The highest BCUT2D eigenvalue weighted by Crippen LogP contribution is 2.36. The van der Waals surface area contributed by atoms with Crippen LogP contribution in [0.4, 0.5) is 0 Å². The molecule has 0 radical (unpaired) electrons. The van der Waals surface area contributed by atoms with Crippen LogP contribution >= 0.6 is 0 Å². The van der Waals surface area contributed by atoms with E-state index in [-0.39, 0.29) is 17.4 Å². The smallest absolute Gasteiger partial charge is 0.327 e. The van der Waals surface area contributed by atoms with Gasteiger partial charge in [0.25, 0.3) is 0 Å². The monoisotopic (exact) mass is 233 g/mol. The van der Waals surface area contributed by atoms with Crippen LogP contribution in [-0.4, -0.2) is 19.6 Å². The minimum absolute atomic E-state index is 0.0468. The number of nitrogens with one attached hydrogen (secondary N) is 1. The summed E-state index contributed by atoms with van der Waals surface area (Å²) in [6, 6.07) is 5.77. The largest absolute Gasteiger partial charge is 0.468 e. The van der Waals surface area contributed by atoms with Crippen molar-refractivity contribution in [3.63, 3.8) is 0 Å². The van der Waals surface area contributed by atoms with Crippen LogP contribution in [0, 0.1) is 6.92 Å². The Bertz CT molecular complexity index is 452. The third-order valence-electron chi connectivity index (χ3n) is 3.48. The Morgan fingerprint density at radius 1 is 1.47 bits per heavy atom. The number of aryl methyl sites for hydroxylation is 1. The van der Waals surface area contributed by atoms with Crippen molar-refractivity contribution in [3.8, 4) is 0 Å². The molecule has 0 aliphatic carbocycles. The first kappa shape index (κ1) is 12.1. The second-order valence-corrected chi connectivity index (χ2v) is 5.26. The summed E-state index contributed by atoms with van der Waals surface area (Å²) in [5.41, 5.74) is 3.61. The van der Waals surface area contributed by atoms with E-state index in [1.165, 1.54) is 18.2 Å². The van der Waals surface area contributed by atoms with Crippen LogP contribution in [0.25, 0.3) is 0 Å². The Kier molecular flexibility index (Phi) is 2.96. The van der Waals surface area contributed by atoms with E-state index in [4.69, 9.17) is 4.74 Å². The molecule has 1 heterocycles. The average molecular weight is 233 g/mol. The van der Waals surface area contributed by atoms with Crippen molar-refractivity contribution in [1.82, 2.24) is 5.32 Å². The summed E-state index contributed by atoms with van der Waals surface area (Å²) in [5, 5.41) is 3.27. The van der Waals surface area contributed by atoms with Crippen LogP contribution in [0.3, 0.4) is 0 Å². The van der Waals surface area contributed by atoms with Crippen molar-refractivity contribution in [2.75, 3.05) is 13.7 Å². The highest BCUT2D eigenvalue weighted by atomic mass is 16.5. The van der Waals surface area contributed by atoms with Crippen LogP contribution in [-0.2, 0) is 14.9 Å². The molecule has 92 valence electrons. The molecule has 1 aromatic carbocycles. The lowest BCUT2D eigenvalue weighted by molar-refractivity contribution is -0.143. The highest BCUT2D eigenvalue weighted by molar-refractivity contribution is 5.79. The molecule has 1 aliphatic rings. The van der Waals surface area contributed by atoms with Gasteiger partial charge in [-0.1, -0.05) is 32.0 Å². The first-order chi connectivity index (χ1) is 7.97. The molecule has 1 aromatic rings. The first-order valence-electron chi connectivity index (χ1n) is 5.88. The van der Waals surface area contributed by atoms with Gasteiger partial charge in [0.05, 0.1) is 7.11 Å². The van der Waals surface area contributed by atoms with Crippen molar-refractivity contribution in [2.45, 2.75) is 32.2 Å². The molecule has 17 heavy (non-hydrogen) atoms. The van der Waals surface area contributed by atoms with Gasteiger partial charge >= 0.3 is 5.97 Å². The summed E-state index contributed by atoms with van der Waals surface area (Å²) in [4.78, 5) is 11.8. The quantitative estimate of drug-likeness (QED) is 0.755. The van der Waals surface area contributed by atoms with Crippen molar-refractivity contribution in [3.05, 3.63) is 34.9 Å². The maximum absolute atomic E-state index is 11.8. The number of esters is 1. The lowest BCUT2D eigenvalue weighted by atomic mass is 9.74. The van der Waals surface area contributed by atoms with E-state index >= 15 is 0 Å². The van der Waals surface area contributed by atoms with Gasteiger partial charge in [0.15, 0.2) is 0 Å². The van der Waals surface area contributed by atoms with Crippen LogP contribution in [0.15, 0.2) is 18.2 Å². The Balaban J connectivity index is 2.56. The number of ether oxygens (including phenoxy) is 1. The SMILES string of the molecule is COC(=O)C1NCC(C)(C)c2c(C)cccc21. The number of rotatable bonds is 1. The maximum atomic E-state index is 11.8. The van der Waals surface area contributed by atoms with Gasteiger partial charge < -0.3 is 4.74 Å². The van der Waals surface area contributed by atoms with E-state index < -0.39 is 0 Å². The molecule has 1 unspecified atom stereocenters. The van der Waals surface area contributed by atoms with Crippen LogP contribution < -0.4 is 5.32 Å². The van der Waals surface area contributed by atoms with E-state index in [9.17, 15) is 4.79 Å². The molecular weight excluding hydrogens is 214 g/mol. The van der Waals surface area contributed by atoms with Gasteiger partial charge in [0.1, 0.15) is 6.04 Å². The van der Waals surface area contributed by atoms with Crippen molar-refractivity contribution in [1.29, 1.82) is 0 Å². The third-order valence-corrected chi connectivity index (χ3v) is 3.48. The van der Waals surface area contributed by atoms with Crippen molar-refractivity contribution < 1.29 is 9.53 Å². The Hall–Kier alpha value is -1.35. The molecule has 0 bridgehead atoms.